The van der Waals surface area contributed by atoms with Crippen molar-refractivity contribution in [1.82, 2.24) is 9.88 Å². The summed E-state index contributed by atoms with van der Waals surface area (Å²) in [5.74, 6) is -0.293. The van der Waals surface area contributed by atoms with E-state index in [1.807, 2.05) is 42.5 Å². The number of esters is 1. The molecule has 0 spiro atoms. The predicted molar refractivity (Wildman–Crippen MR) is 117 cm³/mol. The zero-order valence-electron chi connectivity index (χ0n) is 16.8. The number of fused-ring (bicyclic) bond motifs is 1. The van der Waals surface area contributed by atoms with Crippen molar-refractivity contribution in [3.63, 3.8) is 0 Å². The Morgan fingerprint density at radius 3 is 2.42 bits per heavy atom. The molecular formula is C23H18Cl2N2O4. The number of pyridine rings is 1. The minimum atomic E-state index is -0.666. The van der Waals surface area contributed by atoms with Crippen LogP contribution in [0.4, 0.5) is 0 Å². The maximum absolute atomic E-state index is 13.4. The first-order valence-corrected chi connectivity index (χ1v) is 10.2. The van der Waals surface area contributed by atoms with Crippen molar-refractivity contribution in [3.05, 3.63) is 92.7 Å². The summed E-state index contributed by atoms with van der Waals surface area (Å²) in [6, 6.07) is 15.6. The van der Waals surface area contributed by atoms with E-state index in [1.165, 1.54) is 13.2 Å². The van der Waals surface area contributed by atoms with Crippen LogP contribution in [0.5, 0.6) is 5.75 Å². The Hall–Kier alpha value is -3.09. The lowest BCUT2D eigenvalue weighted by Crippen LogP contribution is -2.28. The number of rotatable bonds is 5. The van der Waals surface area contributed by atoms with E-state index in [0.29, 0.717) is 17.1 Å². The van der Waals surface area contributed by atoms with Crippen molar-refractivity contribution < 1.29 is 19.1 Å². The van der Waals surface area contributed by atoms with Crippen molar-refractivity contribution >= 4 is 35.1 Å². The molecule has 1 aliphatic rings. The molecule has 1 aliphatic heterocycles. The molecule has 0 fully saturated rings. The largest absolute Gasteiger partial charge is 0.497 e. The van der Waals surface area contributed by atoms with E-state index in [2.05, 4.69) is 4.98 Å². The first-order valence-electron chi connectivity index (χ1n) is 9.41. The van der Waals surface area contributed by atoms with Crippen molar-refractivity contribution in [2.75, 3.05) is 14.2 Å². The number of benzene rings is 2. The second-order valence-electron chi connectivity index (χ2n) is 6.95. The van der Waals surface area contributed by atoms with Gasteiger partial charge in [0.05, 0.1) is 25.3 Å². The van der Waals surface area contributed by atoms with Crippen molar-refractivity contribution in [2.45, 2.75) is 12.6 Å². The molecule has 4 rings (SSSR count). The maximum atomic E-state index is 13.4. The molecule has 2 heterocycles. The van der Waals surface area contributed by atoms with Crippen molar-refractivity contribution in [1.29, 1.82) is 0 Å². The van der Waals surface area contributed by atoms with Crippen LogP contribution in [0.25, 0.3) is 0 Å². The minimum absolute atomic E-state index is 0.0243. The molecule has 1 atom stereocenters. The van der Waals surface area contributed by atoms with Gasteiger partial charge >= 0.3 is 5.97 Å². The van der Waals surface area contributed by atoms with E-state index in [-0.39, 0.29) is 22.3 Å². The van der Waals surface area contributed by atoms with E-state index < -0.39 is 12.0 Å². The van der Waals surface area contributed by atoms with Crippen LogP contribution in [-0.4, -0.2) is 36.0 Å². The third kappa shape index (κ3) is 3.84. The van der Waals surface area contributed by atoms with E-state index in [0.717, 1.165) is 16.9 Å². The smallest absolute Gasteiger partial charge is 0.356 e. The van der Waals surface area contributed by atoms with Crippen LogP contribution in [0.1, 0.15) is 43.7 Å². The molecule has 0 aliphatic carbocycles. The van der Waals surface area contributed by atoms with Crippen LogP contribution in [0.2, 0.25) is 10.0 Å². The number of carbonyl (C=O) groups is 2. The average molecular weight is 457 g/mol. The number of carbonyl (C=O) groups excluding carboxylic acids is 2. The molecule has 0 saturated heterocycles. The van der Waals surface area contributed by atoms with Gasteiger partial charge in [-0.2, -0.15) is 0 Å². The Bertz CT molecular complexity index is 1160. The highest BCUT2D eigenvalue weighted by Gasteiger charge is 2.42. The molecule has 31 heavy (non-hydrogen) atoms. The fraction of sp³-hybridized carbons (Fsp3) is 0.174. The fourth-order valence-electron chi connectivity index (χ4n) is 3.68. The molecule has 0 N–H and O–H groups in total. The molecule has 0 bridgehead atoms. The monoisotopic (exact) mass is 456 g/mol. The lowest BCUT2D eigenvalue weighted by atomic mass is 9.99. The quantitative estimate of drug-likeness (QED) is 0.509. The van der Waals surface area contributed by atoms with Gasteiger partial charge in [-0.25, -0.2) is 9.78 Å². The number of hydrogen-bond acceptors (Lipinski definition) is 5. The maximum Gasteiger partial charge on any atom is 0.356 e. The Morgan fingerprint density at radius 1 is 1.06 bits per heavy atom. The van der Waals surface area contributed by atoms with Crippen LogP contribution < -0.4 is 4.74 Å². The summed E-state index contributed by atoms with van der Waals surface area (Å²) in [7, 11) is 2.84. The summed E-state index contributed by atoms with van der Waals surface area (Å²) >= 11 is 13.1. The topological polar surface area (TPSA) is 68.7 Å². The summed E-state index contributed by atoms with van der Waals surface area (Å²) in [4.78, 5) is 31.4. The van der Waals surface area contributed by atoms with E-state index in [4.69, 9.17) is 32.7 Å². The lowest BCUT2D eigenvalue weighted by molar-refractivity contribution is 0.0594. The Morgan fingerprint density at radius 2 is 1.77 bits per heavy atom. The van der Waals surface area contributed by atoms with E-state index >= 15 is 0 Å². The number of amides is 1. The highest BCUT2D eigenvalue weighted by atomic mass is 35.5. The molecule has 6 nitrogen and oxygen atoms in total. The molecule has 0 saturated carbocycles. The first-order chi connectivity index (χ1) is 14.9. The van der Waals surface area contributed by atoms with Gasteiger partial charge in [0, 0.05) is 17.1 Å². The van der Waals surface area contributed by atoms with Crippen molar-refractivity contribution in [2.24, 2.45) is 0 Å². The first kappa shape index (κ1) is 21.2. The number of hydrogen-bond donors (Lipinski definition) is 0. The zero-order chi connectivity index (χ0) is 22.1. The highest BCUT2D eigenvalue weighted by Crippen LogP contribution is 2.44. The van der Waals surface area contributed by atoms with Gasteiger partial charge in [0.15, 0.2) is 5.69 Å². The Kier molecular flexibility index (Phi) is 5.85. The van der Waals surface area contributed by atoms with Crippen molar-refractivity contribution in [3.8, 4) is 5.75 Å². The number of methoxy groups -OCH3 is 2. The summed E-state index contributed by atoms with van der Waals surface area (Å²) < 4.78 is 9.95. The van der Waals surface area contributed by atoms with E-state index in [1.54, 1.807) is 18.1 Å². The number of halogens is 2. The normalized spacial score (nSPS) is 15.0. The molecule has 3 aromatic rings. The van der Waals surface area contributed by atoms with Crippen LogP contribution >= 0.6 is 23.2 Å². The van der Waals surface area contributed by atoms with Gasteiger partial charge in [0.25, 0.3) is 5.91 Å². The van der Waals surface area contributed by atoms with Gasteiger partial charge in [0.2, 0.25) is 0 Å². The second kappa shape index (κ2) is 8.57. The van der Waals surface area contributed by atoms with Gasteiger partial charge in [-0.1, -0.05) is 53.5 Å². The summed E-state index contributed by atoms with van der Waals surface area (Å²) in [5.41, 5.74) is 2.22. The molecule has 1 unspecified atom stereocenters. The van der Waals surface area contributed by atoms with Gasteiger partial charge < -0.3 is 14.4 Å². The van der Waals surface area contributed by atoms with Gasteiger partial charge in [0.1, 0.15) is 11.4 Å². The minimum Gasteiger partial charge on any atom is -0.497 e. The molecule has 2 aromatic carbocycles. The third-order valence-electron chi connectivity index (χ3n) is 5.16. The average Bonchev–Trinajstić information content (AvgIpc) is 3.06. The van der Waals surface area contributed by atoms with E-state index in [9.17, 15) is 9.59 Å². The molecule has 0 radical (unpaired) electrons. The van der Waals surface area contributed by atoms with Crippen LogP contribution in [0, 0.1) is 0 Å². The number of ether oxygens (including phenoxy) is 2. The summed E-state index contributed by atoms with van der Waals surface area (Å²) in [6.45, 7) is 0.291. The van der Waals surface area contributed by atoms with Crippen LogP contribution in [0.15, 0.2) is 54.6 Å². The predicted octanol–water partition coefficient (Wildman–Crippen LogP) is 4.93. The van der Waals surface area contributed by atoms with Crippen LogP contribution in [0.3, 0.4) is 0 Å². The number of nitrogens with zero attached hydrogens (tertiary/aromatic N) is 2. The Labute approximate surface area is 189 Å². The standard InChI is InChI=1S/C23H18Cl2N2O4/c1-30-14-9-7-13(8-10-14)12-27-21(15-5-3-4-6-16(15)24)19-17(25)11-18(23(29)31-2)26-20(19)22(27)28/h3-11,21H,12H2,1-2H3. The summed E-state index contributed by atoms with van der Waals surface area (Å²) in [6.07, 6.45) is 0. The Balaban J connectivity index is 1.84. The molecule has 1 aromatic heterocycles. The zero-order valence-corrected chi connectivity index (χ0v) is 18.3. The molecule has 158 valence electrons. The fourth-order valence-corrected chi connectivity index (χ4v) is 4.21. The second-order valence-corrected chi connectivity index (χ2v) is 7.76. The van der Waals surface area contributed by atoms with Crippen LogP contribution in [-0.2, 0) is 11.3 Å². The lowest BCUT2D eigenvalue weighted by Gasteiger charge is -2.27. The third-order valence-corrected chi connectivity index (χ3v) is 5.82. The molecule has 1 amide bonds. The van der Waals surface area contributed by atoms with Gasteiger partial charge in [-0.15, -0.1) is 0 Å². The highest BCUT2D eigenvalue weighted by molar-refractivity contribution is 6.33. The van der Waals surface area contributed by atoms with Gasteiger partial charge in [-0.05, 0) is 35.4 Å². The SMILES string of the molecule is COC(=O)c1cc(Cl)c2c(n1)C(=O)N(Cc1ccc(OC)cc1)C2c1ccccc1Cl. The van der Waals surface area contributed by atoms with Gasteiger partial charge in [-0.3, -0.25) is 4.79 Å². The molecule has 8 heteroatoms. The summed E-state index contributed by atoms with van der Waals surface area (Å²) in [5, 5.41) is 0.752. The number of aromatic nitrogens is 1. The molecular weight excluding hydrogens is 439 g/mol.